The van der Waals surface area contributed by atoms with Gasteiger partial charge in [0.2, 0.25) is 5.91 Å². The molecule has 2 aliphatic rings. The van der Waals surface area contributed by atoms with Gasteiger partial charge < -0.3 is 14.7 Å². The molecule has 2 aliphatic heterocycles. The van der Waals surface area contributed by atoms with E-state index < -0.39 is 0 Å². The molecule has 3 aromatic rings. The van der Waals surface area contributed by atoms with Crippen molar-refractivity contribution in [2.24, 2.45) is 0 Å². The Morgan fingerprint density at radius 2 is 1.74 bits per heavy atom. The Kier molecular flexibility index (Phi) is 6.29. The molecule has 0 bridgehead atoms. The Hall–Kier alpha value is -3.68. The van der Waals surface area contributed by atoms with Crippen LogP contribution in [0.25, 0.3) is 0 Å². The molecule has 0 radical (unpaired) electrons. The van der Waals surface area contributed by atoms with Crippen molar-refractivity contribution in [3.8, 4) is 0 Å². The van der Waals surface area contributed by atoms with Gasteiger partial charge in [-0.3, -0.25) is 19.3 Å². The highest BCUT2D eigenvalue weighted by molar-refractivity contribution is 5.94. The number of amides is 2. The molecule has 0 saturated carbocycles. The van der Waals surface area contributed by atoms with E-state index in [1.54, 1.807) is 12.4 Å². The van der Waals surface area contributed by atoms with Gasteiger partial charge in [0.05, 0.1) is 6.42 Å². The maximum absolute atomic E-state index is 13.5. The lowest BCUT2D eigenvalue weighted by Gasteiger charge is -2.36. The number of hydrogen-bond donors (Lipinski definition) is 0. The second-order valence-corrected chi connectivity index (χ2v) is 8.81. The molecule has 2 aromatic heterocycles. The third-order valence-corrected chi connectivity index (χ3v) is 6.76. The van der Waals surface area contributed by atoms with Crippen molar-refractivity contribution in [1.29, 1.82) is 0 Å². The average molecular weight is 459 g/mol. The molecule has 1 saturated heterocycles. The Morgan fingerprint density at radius 1 is 0.941 bits per heavy atom. The van der Waals surface area contributed by atoms with Crippen LogP contribution in [-0.4, -0.2) is 69.1 Å². The van der Waals surface area contributed by atoms with Crippen molar-refractivity contribution in [2.45, 2.75) is 32.9 Å². The van der Waals surface area contributed by atoms with E-state index in [0.29, 0.717) is 51.3 Å². The molecular weight excluding hydrogens is 428 g/mol. The number of pyridine rings is 1. The molecule has 34 heavy (non-hydrogen) atoms. The maximum atomic E-state index is 13.5. The van der Waals surface area contributed by atoms with Gasteiger partial charge in [-0.15, -0.1) is 0 Å². The lowest BCUT2D eigenvalue weighted by atomic mass is 10.0. The van der Waals surface area contributed by atoms with Crippen molar-refractivity contribution in [1.82, 2.24) is 24.6 Å². The Labute approximate surface area is 199 Å². The topological polar surface area (TPSA) is 74.6 Å². The van der Waals surface area contributed by atoms with Crippen LogP contribution >= 0.6 is 0 Å². The number of aromatic nitrogens is 3. The third kappa shape index (κ3) is 4.40. The molecule has 0 unspecified atom stereocenters. The summed E-state index contributed by atoms with van der Waals surface area (Å²) in [6.07, 6.45) is 4.46. The fourth-order valence-electron chi connectivity index (χ4n) is 4.88. The van der Waals surface area contributed by atoms with Crippen LogP contribution in [0.2, 0.25) is 0 Å². The zero-order chi connectivity index (χ0) is 23.5. The number of rotatable bonds is 5. The number of carbonyl (C=O) groups is 2. The molecule has 0 N–H and O–H groups in total. The molecule has 0 spiro atoms. The summed E-state index contributed by atoms with van der Waals surface area (Å²) in [4.78, 5) is 36.7. The highest BCUT2D eigenvalue weighted by Crippen LogP contribution is 2.25. The van der Waals surface area contributed by atoms with Gasteiger partial charge in [-0.25, -0.2) is 0 Å². The Morgan fingerprint density at radius 3 is 2.44 bits per heavy atom. The van der Waals surface area contributed by atoms with Crippen LogP contribution in [0.15, 0.2) is 54.9 Å². The summed E-state index contributed by atoms with van der Waals surface area (Å²) in [6, 6.07) is 14.1. The lowest BCUT2D eigenvalue weighted by Crippen LogP contribution is -2.49. The minimum atomic E-state index is -0.0299. The van der Waals surface area contributed by atoms with Crippen molar-refractivity contribution < 1.29 is 9.59 Å². The molecule has 4 heterocycles. The number of hydrogen-bond acceptors (Lipinski definition) is 5. The van der Waals surface area contributed by atoms with Crippen LogP contribution in [0, 0.1) is 0 Å². The maximum Gasteiger partial charge on any atom is 0.274 e. The summed E-state index contributed by atoms with van der Waals surface area (Å²) < 4.78 is 1.94. The molecule has 5 rings (SSSR count). The zero-order valence-electron chi connectivity index (χ0n) is 19.6. The fraction of sp³-hybridized carbons (Fsp3) is 0.385. The van der Waals surface area contributed by atoms with E-state index in [-0.39, 0.29) is 11.8 Å². The number of nitrogens with zero attached hydrogens (tertiary/aromatic N) is 6. The van der Waals surface area contributed by atoms with Crippen molar-refractivity contribution >= 4 is 17.5 Å². The first-order valence-electron chi connectivity index (χ1n) is 12.0. The third-order valence-electron chi connectivity index (χ3n) is 6.76. The standard InChI is InChI=1S/C26H30N6O2/c1-2-32-23-10-12-31(24(33)17-20-7-6-11-27-18-20)19-22(23)25(28-32)26(34)30-15-13-29(14-16-30)21-8-4-3-5-9-21/h3-9,11,18H,2,10,12-17,19H2,1H3. The monoisotopic (exact) mass is 458 g/mol. The van der Waals surface area contributed by atoms with Crippen LogP contribution < -0.4 is 4.90 Å². The summed E-state index contributed by atoms with van der Waals surface area (Å²) in [5.74, 6) is 0.0236. The van der Waals surface area contributed by atoms with Crippen LogP contribution in [0.3, 0.4) is 0 Å². The van der Waals surface area contributed by atoms with Crippen molar-refractivity contribution in [3.05, 3.63) is 77.4 Å². The second-order valence-electron chi connectivity index (χ2n) is 8.81. The number of fused-ring (bicyclic) bond motifs is 1. The van der Waals surface area contributed by atoms with E-state index in [1.165, 1.54) is 5.69 Å². The van der Waals surface area contributed by atoms with E-state index in [2.05, 4.69) is 22.0 Å². The minimum Gasteiger partial charge on any atom is -0.368 e. The first-order valence-corrected chi connectivity index (χ1v) is 12.0. The number of aryl methyl sites for hydroxylation is 1. The Balaban J connectivity index is 1.30. The number of anilines is 1. The molecule has 2 amide bonds. The van der Waals surface area contributed by atoms with Gasteiger partial charge in [-0.2, -0.15) is 5.10 Å². The summed E-state index contributed by atoms with van der Waals surface area (Å²) in [6.45, 7) is 6.72. The summed E-state index contributed by atoms with van der Waals surface area (Å²) in [5.41, 5.74) is 4.58. The fourth-order valence-corrected chi connectivity index (χ4v) is 4.88. The summed E-state index contributed by atoms with van der Waals surface area (Å²) in [5, 5.41) is 4.70. The molecule has 0 aliphatic carbocycles. The van der Waals surface area contributed by atoms with Crippen molar-refractivity contribution in [2.75, 3.05) is 37.6 Å². The van der Waals surface area contributed by atoms with Gasteiger partial charge in [-0.1, -0.05) is 24.3 Å². The molecule has 0 atom stereocenters. The minimum absolute atomic E-state index is 0.0299. The number of piperazine rings is 1. The average Bonchev–Trinajstić information content (AvgIpc) is 3.27. The highest BCUT2D eigenvalue weighted by Gasteiger charge is 2.32. The molecule has 1 fully saturated rings. The van der Waals surface area contributed by atoms with Crippen LogP contribution in [0.4, 0.5) is 5.69 Å². The smallest absolute Gasteiger partial charge is 0.274 e. The first kappa shape index (κ1) is 22.1. The second kappa shape index (κ2) is 9.67. The predicted molar refractivity (Wildman–Crippen MR) is 130 cm³/mol. The SMILES string of the molecule is CCn1nc(C(=O)N2CCN(c3ccccc3)CC2)c2c1CCN(C(=O)Cc1cccnc1)C2. The van der Waals surface area contributed by atoms with Gasteiger partial charge in [0.25, 0.3) is 5.91 Å². The largest absolute Gasteiger partial charge is 0.368 e. The van der Waals surface area contributed by atoms with Crippen molar-refractivity contribution in [3.63, 3.8) is 0 Å². The Bertz CT molecular complexity index is 1150. The van der Waals surface area contributed by atoms with E-state index in [1.807, 2.05) is 51.7 Å². The van der Waals surface area contributed by atoms with Gasteiger partial charge in [0, 0.05) is 81.6 Å². The summed E-state index contributed by atoms with van der Waals surface area (Å²) in [7, 11) is 0. The zero-order valence-corrected chi connectivity index (χ0v) is 19.6. The number of carbonyl (C=O) groups excluding carboxylic acids is 2. The van der Waals surface area contributed by atoms with Crippen LogP contribution in [0.1, 0.15) is 34.2 Å². The number of benzene rings is 1. The summed E-state index contributed by atoms with van der Waals surface area (Å²) >= 11 is 0. The van der Waals surface area contributed by atoms with Gasteiger partial charge >= 0.3 is 0 Å². The van der Waals surface area contributed by atoms with E-state index >= 15 is 0 Å². The van der Waals surface area contributed by atoms with Gasteiger partial charge in [0.1, 0.15) is 0 Å². The first-order chi connectivity index (χ1) is 16.6. The van der Waals surface area contributed by atoms with Gasteiger partial charge in [-0.05, 0) is 30.7 Å². The van der Waals surface area contributed by atoms with E-state index in [9.17, 15) is 9.59 Å². The quantitative estimate of drug-likeness (QED) is 0.587. The molecule has 8 nitrogen and oxygen atoms in total. The normalized spacial score (nSPS) is 15.9. The molecule has 8 heteroatoms. The van der Waals surface area contributed by atoms with Crippen LogP contribution in [-0.2, 0) is 30.7 Å². The van der Waals surface area contributed by atoms with E-state index in [4.69, 9.17) is 5.10 Å². The van der Waals surface area contributed by atoms with Crippen LogP contribution in [0.5, 0.6) is 0 Å². The molecule has 176 valence electrons. The molecule has 1 aromatic carbocycles. The number of para-hydroxylation sites is 1. The molecular formula is C26H30N6O2. The lowest BCUT2D eigenvalue weighted by molar-refractivity contribution is -0.131. The predicted octanol–water partition coefficient (Wildman–Crippen LogP) is 2.39. The van der Waals surface area contributed by atoms with Gasteiger partial charge in [0.15, 0.2) is 5.69 Å². The highest BCUT2D eigenvalue weighted by atomic mass is 16.2. The van der Waals surface area contributed by atoms with E-state index in [0.717, 1.165) is 29.9 Å².